The van der Waals surface area contributed by atoms with Crippen LogP contribution in [0, 0.1) is 5.92 Å². The maximum Gasteiger partial charge on any atom is 0.225 e. The van der Waals surface area contributed by atoms with Crippen LogP contribution in [0.15, 0.2) is 24.5 Å². The van der Waals surface area contributed by atoms with Gasteiger partial charge in [-0.1, -0.05) is 0 Å². The second kappa shape index (κ2) is 4.69. The molecule has 0 spiro atoms. The molecule has 0 radical (unpaired) electrons. The van der Waals surface area contributed by atoms with Crippen LogP contribution in [0.1, 0.15) is 31.2 Å². The quantitative estimate of drug-likeness (QED) is 0.841. The first-order chi connectivity index (χ1) is 8.80. The van der Waals surface area contributed by atoms with Gasteiger partial charge in [-0.2, -0.15) is 0 Å². The lowest BCUT2D eigenvalue weighted by Gasteiger charge is -2.25. The minimum atomic E-state index is -0.0997. The van der Waals surface area contributed by atoms with E-state index in [4.69, 9.17) is 0 Å². The number of aromatic nitrogens is 1. The van der Waals surface area contributed by atoms with E-state index in [0.29, 0.717) is 0 Å². The fourth-order valence-corrected chi connectivity index (χ4v) is 2.70. The Balaban J connectivity index is 1.67. The summed E-state index contributed by atoms with van der Waals surface area (Å²) in [5.41, 5.74) is 1.09. The Morgan fingerprint density at radius 2 is 2.17 bits per heavy atom. The Morgan fingerprint density at radius 1 is 1.39 bits per heavy atom. The van der Waals surface area contributed by atoms with E-state index in [2.05, 4.69) is 15.6 Å². The molecule has 4 heteroatoms. The largest absolute Gasteiger partial charge is 0.346 e. The highest BCUT2D eigenvalue weighted by Crippen LogP contribution is 2.45. The van der Waals surface area contributed by atoms with Crippen LogP contribution < -0.4 is 10.6 Å². The zero-order valence-corrected chi connectivity index (χ0v) is 10.5. The molecule has 1 saturated carbocycles. The summed E-state index contributed by atoms with van der Waals surface area (Å²) < 4.78 is 0. The molecule has 1 aromatic rings. The van der Waals surface area contributed by atoms with E-state index in [1.54, 1.807) is 12.4 Å². The average Bonchev–Trinajstić information content (AvgIpc) is 3.22. The number of amides is 1. The van der Waals surface area contributed by atoms with Crippen molar-refractivity contribution in [2.75, 3.05) is 13.1 Å². The summed E-state index contributed by atoms with van der Waals surface area (Å²) >= 11 is 0. The van der Waals surface area contributed by atoms with Crippen molar-refractivity contribution in [3.05, 3.63) is 30.1 Å². The molecule has 2 aliphatic rings. The fourth-order valence-electron chi connectivity index (χ4n) is 2.70. The highest BCUT2D eigenvalue weighted by molar-refractivity contribution is 5.80. The Kier molecular flexibility index (Phi) is 3.04. The molecular weight excluding hydrogens is 226 g/mol. The minimum Gasteiger partial charge on any atom is -0.346 e. The summed E-state index contributed by atoms with van der Waals surface area (Å²) in [6.45, 7) is 1.86. The highest BCUT2D eigenvalue weighted by atomic mass is 16.2. The summed E-state index contributed by atoms with van der Waals surface area (Å²) in [7, 11) is 0. The first-order valence-corrected chi connectivity index (χ1v) is 6.73. The van der Waals surface area contributed by atoms with Gasteiger partial charge in [0.05, 0.1) is 11.5 Å². The molecule has 1 saturated heterocycles. The Labute approximate surface area is 107 Å². The Morgan fingerprint density at radius 3 is 2.78 bits per heavy atom. The molecule has 2 N–H and O–H groups in total. The molecule has 2 heterocycles. The van der Waals surface area contributed by atoms with E-state index in [0.717, 1.165) is 38.8 Å². The first kappa shape index (κ1) is 11.7. The third kappa shape index (κ3) is 2.25. The summed E-state index contributed by atoms with van der Waals surface area (Å²) in [4.78, 5) is 16.3. The Bertz CT molecular complexity index is 422. The molecule has 0 aromatic carbocycles. The molecule has 96 valence electrons. The van der Waals surface area contributed by atoms with Crippen LogP contribution in [0.4, 0.5) is 0 Å². The molecule has 0 bridgehead atoms. The standard InChI is InChI=1S/C14H19N3O/c18-13(11-2-1-7-16-10-11)17-14(5-6-14)12-3-8-15-9-4-12/h3-4,8-9,11,16H,1-2,5-7,10H2,(H,17,18). The van der Waals surface area contributed by atoms with Gasteiger partial charge >= 0.3 is 0 Å². The lowest BCUT2D eigenvalue weighted by Crippen LogP contribution is -2.44. The van der Waals surface area contributed by atoms with Gasteiger partial charge in [-0.15, -0.1) is 0 Å². The van der Waals surface area contributed by atoms with Crippen molar-refractivity contribution in [3.63, 3.8) is 0 Å². The van der Waals surface area contributed by atoms with Crippen molar-refractivity contribution in [1.82, 2.24) is 15.6 Å². The first-order valence-electron chi connectivity index (χ1n) is 6.73. The van der Waals surface area contributed by atoms with Gasteiger partial charge in [-0.3, -0.25) is 9.78 Å². The monoisotopic (exact) mass is 245 g/mol. The van der Waals surface area contributed by atoms with Crippen LogP contribution in [0.2, 0.25) is 0 Å². The smallest absolute Gasteiger partial charge is 0.225 e. The number of carbonyl (C=O) groups excluding carboxylic acids is 1. The average molecular weight is 245 g/mol. The highest BCUT2D eigenvalue weighted by Gasteiger charge is 2.46. The van der Waals surface area contributed by atoms with Crippen LogP contribution >= 0.6 is 0 Å². The van der Waals surface area contributed by atoms with E-state index < -0.39 is 0 Å². The molecule has 1 unspecified atom stereocenters. The molecule has 2 fully saturated rings. The number of pyridine rings is 1. The van der Waals surface area contributed by atoms with Crippen molar-refractivity contribution in [2.24, 2.45) is 5.92 Å². The fraction of sp³-hybridized carbons (Fsp3) is 0.571. The molecule has 1 aliphatic carbocycles. The Hall–Kier alpha value is -1.42. The van der Waals surface area contributed by atoms with Crippen LogP contribution in [-0.4, -0.2) is 24.0 Å². The molecule has 4 nitrogen and oxygen atoms in total. The molecule has 1 atom stereocenters. The molecular formula is C14H19N3O. The number of hydrogen-bond donors (Lipinski definition) is 2. The number of piperidine rings is 1. The zero-order chi connectivity index (χ0) is 12.4. The third-order valence-corrected chi connectivity index (χ3v) is 4.01. The van der Waals surface area contributed by atoms with Gasteiger partial charge in [-0.25, -0.2) is 0 Å². The molecule has 1 aliphatic heterocycles. The molecule has 1 amide bonds. The second-order valence-electron chi connectivity index (χ2n) is 5.35. The van der Waals surface area contributed by atoms with E-state index >= 15 is 0 Å². The van der Waals surface area contributed by atoms with Gasteiger partial charge in [0.1, 0.15) is 0 Å². The topological polar surface area (TPSA) is 54.0 Å². The van der Waals surface area contributed by atoms with Crippen molar-refractivity contribution in [2.45, 2.75) is 31.2 Å². The van der Waals surface area contributed by atoms with Gasteiger partial charge in [0.15, 0.2) is 0 Å². The number of nitrogens with one attached hydrogen (secondary N) is 2. The number of carbonyl (C=O) groups is 1. The molecule has 3 rings (SSSR count). The van der Waals surface area contributed by atoms with Crippen molar-refractivity contribution in [1.29, 1.82) is 0 Å². The van der Waals surface area contributed by atoms with E-state index in [1.807, 2.05) is 12.1 Å². The lowest BCUT2D eigenvalue weighted by molar-refractivity contribution is -0.126. The molecule has 1 aromatic heterocycles. The van der Waals surface area contributed by atoms with Crippen LogP contribution in [0.25, 0.3) is 0 Å². The predicted octanol–water partition coefficient (Wildman–Crippen LogP) is 1.19. The van der Waals surface area contributed by atoms with E-state index in [1.165, 1.54) is 5.56 Å². The lowest BCUT2D eigenvalue weighted by atomic mass is 9.97. The van der Waals surface area contributed by atoms with Gasteiger partial charge in [0.2, 0.25) is 5.91 Å². The molecule has 18 heavy (non-hydrogen) atoms. The van der Waals surface area contributed by atoms with Gasteiger partial charge in [-0.05, 0) is 49.9 Å². The summed E-state index contributed by atoms with van der Waals surface area (Å²) in [5.74, 6) is 0.342. The predicted molar refractivity (Wildman–Crippen MR) is 68.9 cm³/mol. The summed E-state index contributed by atoms with van der Waals surface area (Å²) in [5, 5.41) is 6.54. The van der Waals surface area contributed by atoms with Crippen molar-refractivity contribution < 1.29 is 4.79 Å². The minimum absolute atomic E-state index is 0.0997. The maximum atomic E-state index is 12.3. The van der Waals surface area contributed by atoms with Crippen molar-refractivity contribution in [3.8, 4) is 0 Å². The van der Waals surface area contributed by atoms with E-state index in [9.17, 15) is 4.79 Å². The SMILES string of the molecule is O=C(NC1(c2ccncc2)CC1)C1CCCNC1. The third-order valence-electron chi connectivity index (χ3n) is 4.01. The van der Waals surface area contributed by atoms with Gasteiger partial charge < -0.3 is 10.6 Å². The maximum absolute atomic E-state index is 12.3. The van der Waals surface area contributed by atoms with Crippen LogP contribution in [-0.2, 0) is 10.3 Å². The summed E-state index contributed by atoms with van der Waals surface area (Å²) in [6, 6.07) is 4.01. The van der Waals surface area contributed by atoms with Crippen LogP contribution in [0.5, 0.6) is 0 Å². The zero-order valence-electron chi connectivity index (χ0n) is 10.5. The second-order valence-corrected chi connectivity index (χ2v) is 5.35. The number of hydrogen-bond acceptors (Lipinski definition) is 3. The van der Waals surface area contributed by atoms with E-state index in [-0.39, 0.29) is 17.4 Å². The van der Waals surface area contributed by atoms with Gasteiger partial charge in [0.25, 0.3) is 0 Å². The van der Waals surface area contributed by atoms with Crippen LogP contribution in [0.3, 0.4) is 0 Å². The van der Waals surface area contributed by atoms with Crippen molar-refractivity contribution >= 4 is 5.91 Å². The summed E-state index contributed by atoms with van der Waals surface area (Å²) in [6.07, 6.45) is 7.78. The van der Waals surface area contributed by atoms with Gasteiger partial charge in [0, 0.05) is 18.9 Å². The normalized spacial score (nSPS) is 25.4. The number of nitrogens with zero attached hydrogens (tertiary/aromatic N) is 1. The number of rotatable bonds is 3.